The number of hydrogen-bond donors (Lipinski definition) is 0. The summed E-state index contributed by atoms with van der Waals surface area (Å²) in [6, 6.07) is 2.34. The lowest BCUT2D eigenvalue weighted by Gasteiger charge is -2.20. The maximum Gasteiger partial charge on any atom is 0.266 e. The van der Waals surface area contributed by atoms with Crippen LogP contribution in [-0.4, -0.2) is 28.1 Å². The predicted octanol–water partition coefficient (Wildman–Crippen LogP) is 3.84. The molecule has 0 aliphatic carbocycles. The van der Waals surface area contributed by atoms with Crippen LogP contribution >= 0.6 is 23.1 Å². The van der Waals surface area contributed by atoms with E-state index in [-0.39, 0.29) is 18.0 Å². The largest absolute Gasteiger partial charge is 0.284 e. The van der Waals surface area contributed by atoms with E-state index in [1.807, 2.05) is 50.6 Å². The van der Waals surface area contributed by atoms with Gasteiger partial charge in [-0.3, -0.25) is 14.7 Å². The highest BCUT2D eigenvalue weighted by Gasteiger charge is 2.35. The number of thiophene rings is 1. The molecule has 0 spiro atoms. The van der Waals surface area contributed by atoms with Gasteiger partial charge in [-0.05, 0) is 67.9 Å². The number of rotatable bonds is 3. The fourth-order valence-electron chi connectivity index (χ4n) is 1.76. The van der Waals surface area contributed by atoms with Crippen LogP contribution in [0.3, 0.4) is 0 Å². The zero-order valence-electron chi connectivity index (χ0n) is 11.6. The van der Waals surface area contributed by atoms with Crippen LogP contribution in [0.25, 0.3) is 6.08 Å². The quantitative estimate of drug-likeness (QED) is 0.794. The molecule has 3 nitrogen and oxygen atoms in total. The Hall–Kier alpha value is -1.07. The molecule has 0 saturated carbocycles. The highest BCUT2D eigenvalue weighted by Crippen LogP contribution is 2.34. The van der Waals surface area contributed by atoms with Crippen LogP contribution in [0.2, 0.25) is 0 Å². The van der Waals surface area contributed by atoms with E-state index >= 15 is 0 Å². The van der Waals surface area contributed by atoms with Crippen molar-refractivity contribution in [3.8, 4) is 0 Å². The number of carbonyl (C=O) groups excluding carboxylic acids is 1. The number of thioether (sulfide) groups is 1. The van der Waals surface area contributed by atoms with E-state index in [2.05, 4.69) is 4.99 Å². The summed E-state index contributed by atoms with van der Waals surface area (Å²) in [4.78, 5) is 19.5. The van der Waals surface area contributed by atoms with Crippen molar-refractivity contribution in [3.63, 3.8) is 0 Å². The van der Waals surface area contributed by atoms with Gasteiger partial charge in [-0.25, -0.2) is 0 Å². The van der Waals surface area contributed by atoms with Crippen molar-refractivity contribution in [2.45, 2.75) is 39.8 Å². The van der Waals surface area contributed by atoms with Crippen LogP contribution in [0.5, 0.6) is 0 Å². The van der Waals surface area contributed by atoms with Crippen LogP contribution in [0.1, 0.15) is 33.3 Å². The van der Waals surface area contributed by atoms with Gasteiger partial charge in [0.15, 0.2) is 5.17 Å². The summed E-state index contributed by atoms with van der Waals surface area (Å²) in [5.74, 6) is 0.0607. The number of amides is 1. The summed E-state index contributed by atoms with van der Waals surface area (Å²) < 4.78 is 0. The van der Waals surface area contributed by atoms with E-state index in [1.54, 1.807) is 16.2 Å². The Morgan fingerprint density at radius 1 is 1.32 bits per heavy atom. The van der Waals surface area contributed by atoms with E-state index in [1.165, 1.54) is 11.8 Å². The predicted molar refractivity (Wildman–Crippen MR) is 84.4 cm³/mol. The average Bonchev–Trinajstić information content (AvgIpc) is 2.88. The van der Waals surface area contributed by atoms with Crippen molar-refractivity contribution < 1.29 is 4.79 Å². The van der Waals surface area contributed by atoms with Crippen LogP contribution in [-0.2, 0) is 4.79 Å². The summed E-state index contributed by atoms with van der Waals surface area (Å²) in [5, 5.41) is 4.87. The van der Waals surface area contributed by atoms with Crippen molar-refractivity contribution in [3.05, 3.63) is 27.3 Å². The molecule has 1 aliphatic heterocycles. The lowest BCUT2D eigenvalue weighted by Crippen LogP contribution is -2.35. The van der Waals surface area contributed by atoms with Crippen molar-refractivity contribution in [1.82, 2.24) is 4.90 Å². The second-order valence-electron chi connectivity index (χ2n) is 4.94. The van der Waals surface area contributed by atoms with Crippen LogP contribution in [0.4, 0.5) is 0 Å². The number of nitrogens with zero attached hydrogens (tertiary/aromatic N) is 2. The third-order valence-electron chi connectivity index (χ3n) is 2.56. The van der Waals surface area contributed by atoms with E-state index in [9.17, 15) is 4.79 Å². The van der Waals surface area contributed by atoms with Gasteiger partial charge in [0.05, 0.1) is 4.91 Å². The molecule has 0 unspecified atom stereocenters. The standard InChI is InChI=1S/C14H18N2OS2/c1-9(2)15-14-16(10(3)4)13(17)12(19-14)7-11-5-6-18-8-11/h5-10H,1-4H3/b12-7+,15-14?. The van der Waals surface area contributed by atoms with Crippen molar-refractivity contribution in [2.75, 3.05) is 0 Å². The lowest BCUT2D eigenvalue weighted by molar-refractivity contribution is -0.123. The van der Waals surface area contributed by atoms with Crippen molar-refractivity contribution in [1.29, 1.82) is 0 Å². The molecular weight excluding hydrogens is 276 g/mol. The number of hydrogen-bond acceptors (Lipinski definition) is 4. The maximum atomic E-state index is 12.4. The highest BCUT2D eigenvalue weighted by atomic mass is 32.2. The van der Waals surface area contributed by atoms with Gasteiger partial charge < -0.3 is 0 Å². The Morgan fingerprint density at radius 3 is 2.58 bits per heavy atom. The minimum absolute atomic E-state index is 0.0607. The molecule has 1 aromatic heterocycles. The lowest BCUT2D eigenvalue weighted by atomic mass is 10.2. The summed E-state index contributed by atoms with van der Waals surface area (Å²) in [6.07, 6.45) is 1.95. The molecule has 1 aromatic rings. The number of aliphatic imine (C=N–C) groups is 1. The van der Waals surface area contributed by atoms with Crippen LogP contribution < -0.4 is 0 Å². The van der Waals surface area contributed by atoms with E-state index in [0.29, 0.717) is 0 Å². The van der Waals surface area contributed by atoms with Gasteiger partial charge in [0.1, 0.15) is 0 Å². The fourth-order valence-corrected chi connectivity index (χ4v) is 3.61. The highest BCUT2D eigenvalue weighted by molar-refractivity contribution is 8.18. The van der Waals surface area contributed by atoms with Gasteiger partial charge in [-0.1, -0.05) is 0 Å². The smallest absolute Gasteiger partial charge is 0.266 e. The summed E-state index contributed by atoms with van der Waals surface area (Å²) in [6.45, 7) is 8.08. The average molecular weight is 294 g/mol. The first-order valence-electron chi connectivity index (χ1n) is 6.32. The molecule has 0 N–H and O–H groups in total. The molecule has 1 amide bonds. The minimum atomic E-state index is 0.0607. The molecule has 0 bridgehead atoms. The van der Waals surface area contributed by atoms with E-state index in [4.69, 9.17) is 0 Å². The van der Waals surface area contributed by atoms with Gasteiger partial charge in [0.2, 0.25) is 0 Å². The Bertz CT molecular complexity index is 516. The zero-order chi connectivity index (χ0) is 14.0. The molecule has 19 heavy (non-hydrogen) atoms. The molecule has 0 radical (unpaired) electrons. The summed E-state index contributed by atoms with van der Waals surface area (Å²) >= 11 is 3.11. The first-order chi connectivity index (χ1) is 8.99. The SMILES string of the molecule is CC(C)N=C1S/C(=C/c2ccsc2)C(=O)N1C(C)C. The molecule has 2 heterocycles. The summed E-state index contributed by atoms with van der Waals surface area (Å²) in [7, 11) is 0. The van der Waals surface area contributed by atoms with Gasteiger partial charge >= 0.3 is 0 Å². The molecule has 0 aromatic carbocycles. The van der Waals surface area contributed by atoms with Crippen LogP contribution in [0.15, 0.2) is 26.7 Å². The number of carbonyl (C=O) groups is 1. The molecule has 5 heteroatoms. The van der Waals surface area contributed by atoms with Gasteiger partial charge in [-0.2, -0.15) is 11.3 Å². The van der Waals surface area contributed by atoms with E-state index < -0.39 is 0 Å². The molecule has 102 valence electrons. The third kappa shape index (κ3) is 3.28. The van der Waals surface area contributed by atoms with Gasteiger partial charge in [0.25, 0.3) is 5.91 Å². The second-order valence-corrected chi connectivity index (χ2v) is 6.73. The number of amidine groups is 1. The fraction of sp³-hybridized carbons (Fsp3) is 0.429. The zero-order valence-corrected chi connectivity index (χ0v) is 13.2. The Kier molecular flexibility index (Phi) is 4.47. The molecule has 1 aliphatic rings. The maximum absolute atomic E-state index is 12.4. The Labute approximate surface area is 122 Å². The summed E-state index contributed by atoms with van der Waals surface area (Å²) in [5.41, 5.74) is 1.08. The molecule has 1 saturated heterocycles. The third-order valence-corrected chi connectivity index (χ3v) is 4.26. The first-order valence-corrected chi connectivity index (χ1v) is 8.08. The molecule has 1 fully saturated rings. The minimum Gasteiger partial charge on any atom is -0.284 e. The van der Waals surface area contributed by atoms with Crippen LogP contribution in [0, 0.1) is 0 Å². The molecular formula is C14H18N2OS2. The van der Waals surface area contributed by atoms with Crippen molar-refractivity contribution in [2.24, 2.45) is 4.99 Å². The molecule has 2 rings (SSSR count). The Morgan fingerprint density at radius 2 is 2.05 bits per heavy atom. The van der Waals surface area contributed by atoms with Gasteiger partial charge in [-0.15, -0.1) is 0 Å². The topological polar surface area (TPSA) is 32.7 Å². The Balaban J connectivity index is 2.33. The van der Waals surface area contributed by atoms with Crippen molar-refractivity contribution >= 4 is 40.2 Å². The first kappa shape index (κ1) is 14.3. The van der Waals surface area contributed by atoms with E-state index in [0.717, 1.165) is 15.6 Å². The molecule has 0 atom stereocenters. The monoisotopic (exact) mass is 294 g/mol. The van der Waals surface area contributed by atoms with Gasteiger partial charge in [0, 0.05) is 12.1 Å². The second kappa shape index (κ2) is 5.92. The normalized spacial score (nSPS) is 20.5.